The molecule has 0 fully saturated rings. The van der Waals surface area contributed by atoms with E-state index in [1.165, 1.54) is 0 Å². The Labute approximate surface area is 259 Å². The first-order valence-electron chi connectivity index (χ1n) is 14.7. The summed E-state index contributed by atoms with van der Waals surface area (Å²) in [5.41, 5.74) is 9.99. The molecule has 0 aliphatic carbocycles. The minimum Gasteiger partial charge on any atom is -0.378 e. The molecule has 0 saturated heterocycles. The van der Waals surface area contributed by atoms with Gasteiger partial charge in [0.1, 0.15) is 0 Å². The molecule has 0 spiro atoms. The van der Waals surface area contributed by atoms with Crippen molar-refractivity contribution in [2.45, 2.75) is 13.8 Å². The molecule has 6 nitrogen and oxygen atoms in total. The van der Waals surface area contributed by atoms with Gasteiger partial charge in [0.05, 0.1) is 22.7 Å². The number of hydrogen-bond acceptors (Lipinski definition) is 6. The maximum atomic E-state index is 4.81. The van der Waals surface area contributed by atoms with Gasteiger partial charge in [-0.2, -0.15) is 10.2 Å². The monoisotopic (exact) mass is 576 g/mol. The number of aryl methyl sites for hydroxylation is 2. The largest absolute Gasteiger partial charge is 0.378 e. The Morgan fingerprint density at radius 1 is 0.477 bits per heavy atom. The van der Waals surface area contributed by atoms with E-state index in [1.807, 2.05) is 52.5 Å². The maximum absolute atomic E-state index is 4.81. The van der Waals surface area contributed by atoms with E-state index in [0.717, 1.165) is 77.9 Å². The van der Waals surface area contributed by atoms with E-state index in [-0.39, 0.29) is 0 Å². The number of azo groups is 2. The Kier molecular flexibility index (Phi) is 7.90. The molecule has 6 aromatic carbocycles. The van der Waals surface area contributed by atoms with Crippen molar-refractivity contribution in [3.05, 3.63) is 120 Å². The Balaban J connectivity index is 1.44. The van der Waals surface area contributed by atoms with Crippen LogP contribution >= 0.6 is 0 Å². The second-order valence-corrected chi connectivity index (χ2v) is 11.5. The minimum absolute atomic E-state index is 0.817. The Morgan fingerprint density at radius 3 is 1.59 bits per heavy atom. The molecule has 0 radical (unpaired) electrons. The predicted octanol–water partition coefficient (Wildman–Crippen LogP) is 11.2. The van der Waals surface area contributed by atoms with Crippen LogP contribution in [0.3, 0.4) is 0 Å². The van der Waals surface area contributed by atoms with Gasteiger partial charge in [0.2, 0.25) is 0 Å². The normalized spacial score (nSPS) is 11.7. The SMILES string of the molecule is Cc1ccc2ccc(-c3cccc4ccc(C)c(N=Nc5ccc(N(C)C)cc5)c34)cc2c1N=Nc1ccc(N(C)C)cc1. The lowest BCUT2D eigenvalue weighted by molar-refractivity contribution is 1.13. The van der Waals surface area contributed by atoms with Crippen LogP contribution < -0.4 is 9.80 Å². The van der Waals surface area contributed by atoms with E-state index in [0.29, 0.717) is 0 Å². The first kappa shape index (κ1) is 28.7. The highest BCUT2D eigenvalue weighted by atomic mass is 15.1. The van der Waals surface area contributed by atoms with E-state index < -0.39 is 0 Å². The molecule has 0 aliphatic rings. The van der Waals surface area contributed by atoms with Crippen LogP contribution in [0, 0.1) is 13.8 Å². The summed E-state index contributed by atoms with van der Waals surface area (Å²) in [6, 6.07) is 37.7. The van der Waals surface area contributed by atoms with Gasteiger partial charge in [-0.1, -0.05) is 54.6 Å². The third-order valence-electron chi connectivity index (χ3n) is 7.99. The summed E-state index contributed by atoms with van der Waals surface area (Å²) < 4.78 is 0. The van der Waals surface area contributed by atoms with Gasteiger partial charge in [-0.3, -0.25) is 0 Å². The molecule has 0 aromatic heterocycles. The third-order valence-corrected chi connectivity index (χ3v) is 7.99. The number of rotatable bonds is 7. The molecule has 6 aromatic rings. The average molecular weight is 577 g/mol. The molecule has 0 bridgehead atoms. The fraction of sp³-hybridized carbons (Fsp3) is 0.158. The molecule has 0 unspecified atom stereocenters. The van der Waals surface area contributed by atoms with Crippen LogP contribution in [0.25, 0.3) is 32.7 Å². The fourth-order valence-electron chi connectivity index (χ4n) is 5.40. The summed E-state index contributed by atoms with van der Waals surface area (Å²) in [4.78, 5) is 4.14. The van der Waals surface area contributed by atoms with Gasteiger partial charge in [-0.25, -0.2) is 0 Å². The van der Waals surface area contributed by atoms with Gasteiger partial charge in [0.15, 0.2) is 0 Å². The van der Waals surface area contributed by atoms with Crippen molar-refractivity contribution in [2.75, 3.05) is 38.0 Å². The van der Waals surface area contributed by atoms with Crippen molar-refractivity contribution < 1.29 is 0 Å². The standard InChI is InChI=1S/C38H36N6/c1-25-10-12-27-14-15-29(24-35(27)37(25)41-39-30-16-20-32(21-17-30)43(3)4)34-9-7-8-28-13-11-26(2)38(36(28)34)42-40-31-18-22-33(23-19-31)44(5)6/h7-24H,1-6H3. The first-order chi connectivity index (χ1) is 21.3. The summed E-state index contributed by atoms with van der Waals surface area (Å²) in [7, 11) is 8.12. The van der Waals surface area contributed by atoms with Gasteiger partial charge < -0.3 is 9.80 Å². The summed E-state index contributed by atoms with van der Waals surface area (Å²) in [5, 5.41) is 23.2. The maximum Gasteiger partial charge on any atom is 0.0970 e. The van der Waals surface area contributed by atoms with Gasteiger partial charge >= 0.3 is 0 Å². The lowest BCUT2D eigenvalue weighted by atomic mass is 9.93. The van der Waals surface area contributed by atoms with Crippen LogP contribution in [0.1, 0.15) is 11.1 Å². The quantitative estimate of drug-likeness (QED) is 0.177. The summed E-state index contributed by atoms with van der Waals surface area (Å²) in [5.74, 6) is 0. The van der Waals surface area contributed by atoms with Gasteiger partial charge in [-0.05, 0) is 101 Å². The van der Waals surface area contributed by atoms with Crippen LogP contribution in [-0.2, 0) is 0 Å². The smallest absolute Gasteiger partial charge is 0.0970 e. The van der Waals surface area contributed by atoms with Crippen LogP contribution in [-0.4, -0.2) is 28.2 Å². The molecule has 0 heterocycles. The molecular formula is C38H36N6. The van der Waals surface area contributed by atoms with Crippen molar-refractivity contribution in [3.8, 4) is 11.1 Å². The van der Waals surface area contributed by atoms with Crippen LogP contribution in [0.4, 0.5) is 34.1 Å². The summed E-state index contributed by atoms with van der Waals surface area (Å²) in [6.45, 7) is 4.17. The molecule has 0 saturated carbocycles. The topological polar surface area (TPSA) is 55.9 Å². The average Bonchev–Trinajstić information content (AvgIpc) is 3.03. The highest BCUT2D eigenvalue weighted by Crippen LogP contribution is 2.41. The second-order valence-electron chi connectivity index (χ2n) is 11.5. The lowest BCUT2D eigenvalue weighted by Gasteiger charge is -2.13. The number of hydrogen-bond donors (Lipinski definition) is 0. The predicted molar refractivity (Wildman–Crippen MR) is 186 cm³/mol. The molecule has 6 heteroatoms. The Hall–Kier alpha value is -5.36. The fourth-order valence-corrected chi connectivity index (χ4v) is 5.40. The lowest BCUT2D eigenvalue weighted by Crippen LogP contribution is -2.07. The first-order valence-corrected chi connectivity index (χ1v) is 14.7. The molecule has 0 N–H and O–H groups in total. The summed E-state index contributed by atoms with van der Waals surface area (Å²) in [6.07, 6.45) is 0. The number of nitrogens with zero attached hydrogens (tertiary/aromatic N) is 6. The van der Waals surface area contributed by atoms with Crippen molar-refractivity contribution in [2.24, 2.45) is 20.5 Å². The molecule has 0 atom stereocenters. The van der Waals surface area contributed by atoms with Crippen molar-refractivity contribution in [1.29, 1.82) is 0 Å². The number of benzene rings is 6. The van der Waals surface area contributed by atoms with Crippen molar-refractivity contribution in [3.63, 3.8) is 0 Å². The molecular weight excluding hydrogens is 540 g/mol. The van der Waals surface area contributed by atoms with E-state index in [2.05, 4.69) is 119 Å². The van der Waals surface area contributed by atoms with Crippen molar-refractivity contribution >= 4 is 55.7 Å². The molecule has 44 heavy (non-hydrogen) atoms. The van der Waals surface area contributed by atoms with Gasteiger partial charge in [0, 0.05) is 50.3 Å². The zero-order valence-corrected chi connectivity index (χ0v) is 26.1. The number of anilines is 2. The van der Waals surface area contributed by atoms with Gasteiger partial charge in [0.25, 0.3) is 0 Å². The summed E-state index contributed by atoms with van der Waals surface area (Å²) >= 11 is 0. The van der Waals surface area contributed by atoms with Crippen molar-refractivity contribution in [1.82, 2.24) is 0 Å². The van der Waals surface area contributed by atoms with E-state index >= 15 is 0 Å². The molecule has 0 amide bonds. The van der Waals surface area contributed by atoms with Crippen LogP contribution in [0.2, 0.25) is 0 Å². The van der Waals surface area contributed by atoms with Crippen LogP contribution in [0.15, 0.2) is 130 Å². The third kappa shape index (κ3) is 5.79. The van der Waals surface area contributed by atoms with E-state index in [9.17, 15) is 0 Å². The zero-order chi connectivity index (χ0) is 30.8. The highest BCUT2D eigenvalue weighted by Gasteiger charge is 2.13. The molecule has 218 valence electrons. The Bertz CT molecular complexity index is 2020. The highest BCUT2D eigenvalue weighted by molar-refractivity contribution is 6.07. The second kappa shape index (κ2) is 12.1. The van der Waals surface area contributed by atoms with E-state index in [4.69, 9.17) is 10.2 Å². The number of fused-ring (bicyclic) bond motifs is 2. The van der Waals surface area contributed by atoms with Crippen LogP contribution in [0.5, 0.6) is 0 Å². The van der Waals surface area contributed by atoms with E-state index in [1.54, 1.807) is 0 Å². The zero-order valence-electron chi connectivity index (χ0n) is 26.1. The van der Waals surface area contributed by atoms with Gasteiger partial charge in [-0.15, -0.1) is 10.2 Å². The Morgan fingerprint density at radius 2 is 1.00 bits per heavy atom. The molecule has 0 aliphatic heterocycles. The molecule has 6 rings (SSSR count). The minimum atomic E-state index is 0.817.